The van der Waals surface area contributed by atoms with Crippen molar-refractivity contribution in [1.82, 2.24) is 15.3 Å². The van der Waals surface area contributed by atoms with Gasteiger partial charge >= 0.3 is 0 Å². The zero-order valence-corrected chi connectivity index (χ0v) is 10.4. The molecule has 0 aliphatic carbocycles. The molecule has 2 heterocycles. The van der Waals surface area contributed by atoms with Gasteiger partial charge in [0.1, 0.15) is 11.6 Å². The second-order valence-electron chi connectivity index (χ2n) is 4.83. The van der Waals surface area contributed by atoms with Crippen molar-refractivity contribution in [2.24, 2.45) is 0 Å². The molecule has 0 bridgehead atoms. The number of H-pyrrole nitrogens is 1. The summed E-state index contributed by atoms with van der Waals surface area (Å²) in [6.07, 6.45) is 4.16. The van der Waals surface area contributed by atoms with Crippen LogP contribution in [0.5, 0.6) is 5.75 Å². The number of imidazole rings is 1. The van der Waals surface area contributed by atoms with Gasteiger partial charge in [-0.25, -0.2) is 4.98 Å². The minimum absolute atomic E-state index is 0.322. The van der Waals surface area contributed by atoms with E-state index in [1.807, 2.05) is 25.3 Å². The molecule has 3 N–H and O–H groups in total. The molecule has 0 spiro atoms. The van der Waals surface area contributed by atoms with Gasteiger partial charge in [-0.15, -0.1) is 0 Å². The average molecular weight is 243 g/mol. The second kappa shape index (κ2) is 4.46. The molecule has 4 heteroatoms. The highest BCUT2D eigenvalue weighted by molar-refractivity contribution is 5.61. The number of aryl methyl sites for hydroxylation is 1. The molecular weight excluding hydrogens is 226 g/mol. The lowest BCUT2D eigenvalue weighted by Gasteiger charge is -2.06. The molecule has 1 aromatic carbocycles. The Hall–Kier alpha value is -1.81. The number of aromatic hydroxyl groups is 1. The number of benzene rings is 1. The summed E-state index contributed by atoms with van der Waals surface area (Å²) in [4.78, 5) is 7.76. The third-order valence-electron chi connectivity index (χ3n) is 3.51. The molecule has 18 heavy (non-hydrogen) atoms. The maximum atomic E-state index is 9.73. The van der Waals surface area contributed by atoms with E-state index in [-0.39, 0.29) is 0 Å². The van der Waals surface area contributed by atoms with Gasteiger partial charge in [0.15, 0.2) is 0 Å². The number of aromatic nitrogens is 2. The quantitative estimate of drug-likeness (QED) is 0.759. The highest BCUT2D eigenvalue weighted by atomic mass is 16.3. The van der Waals surface area contributed by atoms with Crippen molar-refractivity contribution < 1.29 is 5.11 Å². The topological polar surface area (TPSA) is 60.9 Å². The third-order valence-corrected chi connectivity index (χ3v) is 3.51. The van der Waals surface area contributed by atoms with Gasteiger partial charge in [-0.1, -0.05) is 12.1 Å². The van der Waals surface area contributed by atoms with Crippen LogP contribution in [0.2, 0.25) is 0 Å². The number of hydrogen-bond acceptors (Lipinski definition) is 3. The number of phenolic OH excluding ortho intramolecular Hbond substituents is 1. The van der Waals surface area contributed by atoms with E-state index in [0.717, 1.165) is 35.6 Å². The Morgan fingerprint density at radius 2 is 2.28 bits per heavy atom. The Bertz CT molecular complexity index is 556. The molecular formula is C14H17N3O. The van der Waals surface area contributed by atoms with Gasteiger partial charge in [0.25, 0.3) is 0 Å². The van der Waals surface area contributed by atoms with Crippen molar-refractivity contribution >= 4 is 0 Å². The first kappa shape index (κ1) is 11.3. The third kappa shape index (κ3) is 1.99. The summed E-state index contributed by atoms with van der Waals surface area (Å²) in [5.74, 6) is 1.31. The van der Waals surface area contributed by atoms with Crippen molar-refractivity contribution in [3.63, 3.8) is 0 Å². The van der Waals surface area contributed by atoms with Gasteiger partial charge in [0, 0.05) is 5.56 Å². The maximum Gasteiger partial charge on any atom is 0.123 e. The molecule has 2 aromatic rings. The molecule has 1 aliphatic heterocycles. The van der Waals surface area contributed by atoms with Crippen LogP contribution in [0.25, 0.3) is 11.3 Å². The molecule has 1 fully saturated rings. The van der Waals surface area contributed by atoms with E-state index in [4.69, 9.17) is 0 Å². The molecule has 1 saturated heterocycles. The number of nitrogens with zero attached hydrogens (tertiary/aromatic N) is 1. The van der Waals surface area contributed by atoms with E-state index < -0.39 is 0 Å². The van der Waals surface area contributed by atoms with Crippen molar-refractivity contribution in [3.8, 4) is 17.0 Å². The minimum Gasteiger partial charge on any atom is -0.508 e. The Morgan fingerprint density at radius 1 is 1.39 bits per heavy atom. The van der Waals surface area contributed by atoms with Crippen LogP contribution < -0.4 is 5.32 Å². The summed E-state index contributed by atoms with van der Waals surface area (Å²) in [5.41, 5.74) is 2.81. The lowest BCUT2D eigenvalue weighted by Crippen LogP contribution is -2.14. The van der Waals surface area contributed by atoms with Crippen LogP contribution >= 0.6 is 0 Å². The van der Waals surface area contributed by atoms with Gasteiger partial charge in [-0.2, -0.15) is 0 Å². The molecule has 1 unspecified atom stereocenters. The van der Waals surface area contributed by atoms with E-state index in [2.05, 4.69) is 15.3 Å². The molecule has 4 nitrogen and oxygen atoms in total. The molecule has 94 valence electrons. The van der Waals surface area contributed by atoms with Crippen LogP contribution in [0, 0.1) is 6.92 Å². The number of nitrogens with one attached hydrogen (secondary N) is 2. The van der Waals surface area contributed by atoms with E-state index in [1.165, 1.54) is 6.42 Å². The Morgan fingerprint density at radius 3 is 3.00 bits per heavy atom. The lowest BCUT2D eigenvalue weighted by molar-refractivity contribution is 0.471. The van der Waals surface area contributed by atoms with Gasteiger partial charge in [-0.3, -0.25) is 0 Å². The van der Waals surface area contributed by atoms with Crippen molar-refractivity contribution in [3.05, 3.63) is 35.8 Å². The van der Waals surface area contributed by atoms with E-state index in [1.54, 1.807) is 6.07 Å². The second-order valence-corrected chi connectivity index (χ2v) is 4.83. The van der Waals surface area contributed by atoms with E-state index >= 15 is 0 Å². The average Bonchev–Trinajstić information content (AvgIpc) is 3.01. The first-order chi connectivity index (χ1) is 8.74. The normalized spacial score (nSPS) is 19.3. The van der Waals surface area contributed by atoms with Gasteiger partial charge in [-0.05, 0) is 37.9 Å². The number of phenols is 1. The maximum absolute atomic E-state index is 9.73. The van der Waals surface area contributed by atoms with Crippen molar-refractivity contribution in [1.29, 1.82) is 0 Å². The fraction of sp³-hybridized carbons (Fsp3) is 0.357. The largest absolute Gasteiger partial charge is 0.508 e. The summed E-state index contributed by atoms with van der Waals surface area (Å²) in [6, 6.07) is 6.03. The standard InChI is InChI=1S/C14H17N3O/c1-9-4-5-10(7-13(9)18)12-8-16-14(17-12)11-3-2-6-15-11/h4-5,7-8,11,15,18H,2-3,6H2,1H3,(H,16,17). The van der Waals surface area contributed by atoms with Gasteiger partial charge in [0.05, 0.1) is 17.9 Å². The number of aromatic amines is 1. The zero-order chi connectivity index (χ0) is 12.5. The summed E-state index contributed by atoms with van der Waals surface area (Å²) >= 11 is 0. The molecule has 1 aliphatic rings. The summed E-state index contributed by atoms with van der Waals surface area (Å²) < 4.78 is 0. The van der Waals surface area contributed by atoms with Crippen LogP contribution in [0.15, 0.2) is 24.4 Å². The first-order valence-corrected chi connectivity index (χ1v) is 6.32. The Balaban J connectivity index is 1.89. The summed E-state index contributed by atoms with van der Waals surface area (Å²) in [7, 11) is 0. The van der Waals surface area contributed by atoms with Crippen LogP contribution in [-0.4, -0.2) is 21.6 Å². The van der Waals surface area contributed by atoms with Crippen LogP contribution in [0.1, 0.15) is 30.3 Å². The lowest BCUT2D eigenvalue weighted by atomic mass is 10.1. The van der Waals surface area contributed by atoms with E-state index in [0.29, 0.717) is 11.8 Å². The first-order valence-electron chi connectivity index (χ1n) is 6.32. The Kier molecular flexibility index (Phi) is 2.80. The fourth-order valence-corrected chi connectivity index (χ4v) is 2.36. The SMILES string of the molecule is Cc1ccc(-c2cnc(C3CCCN3)[nH]2)cc1O. The van der Waals surface area contributed by atoms with Crippen molar-refractivity contribution in [2.45, 2.75) is 25.8 Å². The summed E-state index contributed by atoms with van der Waals surface area (Å²) in [6.45, 7) is 2.95. The fourth-order valence-electron chi connectivity index (χ4n) is 2.36. The molecule has 3 rings (SSSR count). The van der Waals surface area contributed by atoms with Crippen LogP contribution in [0.4, 0.5) is 0 Å². The smallest absolute Gasteiger partial charge is 0.123 e. The molecule has 0 amide bonds. The predicted octanol–water partition coefficient (Wildman–Crippen LogP) is 2.52. The van der Waals surface area contributed by atoms with Gasteiger partial charge < -0.3 is 15.4 Å². The Labute approximate surface area is 106 Å². The molecule has 0 saturated carbocycles. The zero-order valence-electron chi connectivity index (χ0n) is 10.4. The van der Waals surface area contributed by atoms with Crippen LogP contribution in [-0.2, 0) is 0 Å². The molecule has 1 aromatic heterocycles. The van der Waals surface area contributed by atoms with E-state index in [9.17, 15) is 5.11 Å². The highest BCUT2D eigenvalue weighted by Crippen LogP contribution is 2.27. The summed E-state index contributed by atoms with van der Waals surface area (Å²) in [5, 5.41) is 13.1. The number of hydrogen-bond donors (Lipinski definition) is 3. The number of rotatable bonds is 2. The minimum atomic E-state index is 0.322. The monoisotopic (exact) mass is 243 g/mol. The van der Waals surface area contributed by atoms with Crippen molar-refractivity contribution in [2.75, 3.05) is 6.54 Å². The molecule has 0 radical (unpaired) electrons. The van der Waals surface area contributed by atoms with Crippen LogP contribution in [0.3, 0.4) is 0 Å². The molecule has 1 atom stereocenters. The predicted molar refractivity (Wildman–Crippen MR) is 70.4 cm³/mol. The highest BCUT2D eigenvalue weighted by Gasteiger charge is 2.19. The van der Waals surface area contributed by atoms with Gasteiger partial charge in [0.2, 0.25) is 0 Å².